The zero-order valence-corrected chi connectivity index (χ0v) is 9.65. The van der Waals surface area contributed by atoms with Crippen LogP contribution in [0.15, 0.2) is 12.3 Å². The van der Waals surface area contributed by atoms with Gasteiger partial charge >= 0.3 is 11.9 Å². The maximum Gasteiger partial charge on any atom is 0.325 e. The molecule has 0 spiro atoms. The van der Waals surface area contributed by atoms with E-state index in [0.29, 0.717) is 0 Å². The third-order valence-corrected chi connectivity index (χ3v) is 2.14. The first-order valence-corrected chi connectivity index (χ1v) is 4.88. The van der Waals surface area contributed by atoms with Crippen molar-refractivity contribution in [2.75, 3.05) is 7.11 Å². The number of nitrogens with zero attached hydrogens (tertiary/aromatic N) is 1. The van der Waals surface area contributed by atoms with Gasteiger partial charge in [0.25, 0.3) is 0 Å². The number of aryl methyl sites for hydroxylation is 1. The SMILES string of the molecule is COC(=O)Cn1cc(COC(C)=O)cc1C. The quantitative estimate of drug-likeness (QED) is 0.718. The van der Waals surface area contributed by atoms with Gasteiger partial charge in [0.1, 0.15) is 13.2 Å². The molecule has 0 fully saturated rings. The fourth-order valence-electron chi connectivity index (χ4n) is 1.33. The van der Waals surface area contributed by atoms with Crippen LogP contribution < -0.4 is 0 Å². The minimum atomic E-state index is -0.321. The lowest BCUT2D eigenvalue weighted by molar-refractivity contribution is -0.143. The molecule has 0 aromatic carbocycles. The second-order valence-corrected chi connectivity index (χ2v) is 3.47. The van der Waals surface area contributed by atoms with E-state index in [1.165, 1.54) is 14.0 Å². The van der Waals surface area contributed by atoms with Crippen molar-refractivity contribution in [3.05, 3.63) is 23.5 Å². The zero-order chi connectivity index (χ0) is 12.1. The summed E-state index contributed by atoms with van der Waals surface area (Å²) in [7, 11) is 1.35. The fraction of sp³-hybridized carbons (Fsp3) is 0.455. The van der Waals surface area contributed by atoms with E-state index in [2.05, 4.69) is 4.74 Å². The number of hydrogen-bond donors (Lipinski definition) is 0. The van der Waals surface area contributed by atoms with Crippen LogP contribution in [0.4, 0.5) is 0 Å². The Bertz CT molecular complexity index is 395. The van der Waals surface area contributed by atoms with Gasteiger partial charge in [0.05, 0.1) is 7.11 Å². The number of rotatable bonds is 4. The molecule has 0 N–H and O–H groups in total. The van der Waals surface area contributed by atoms with Crippen LogP contribution in [0.25, 0.3) is 0 Å². The molecule has 1 aromatic rings. The monoisotopic (exact) mass is 225 g/mol. The van der Waals surface area contributed by atoms with Crippen LogP contribution in [-0.4, -0.2) is 23.6 Å². The van der Waals surface area contributed by atoms with Crippen LogP contribution in [0.3, 0.4) is 0 Å². The topological polar surface area (TPSA) is 57.5 Å². The van der Waals surface area contributed by atoms with Gasteiger partial charge in [0.15, 0.2) is 0 Å². The van der Waals surface area contributed by atoms with E-state index in [1.54, 1.807) is 10.8 Å². The number of ether oxygens (including phenoxy) is 2. The predicted molar refractivity (Wildman–Crippen MR) is 56.7 cm³/mol. The lowest BCUT2D eigenvalue weighted by Crippen LogP contribution is -2.11. The zero-order valence-electron chi connectivity index (χ0n) is 9.65. The number of carbonyl (C=O) groups is 2. The highest BCUT2D eigenvalue weighted by atomic mass is 16.5. The summed E-state index contributed by atoms with van der Waals surface area (Å²) >= 11 is 0. The number of methoxy groups -OCH3 is 1. The summed E-state index contributed by atoms with van der Waals surface area (Å²) in [6.07, 6.45) is 1.77. The Labute approximate surface area is 94.0 Å². The van der Waals surface area contributed by atoms with Gasteiger partial charge < -0.3 is 14.0 Å². The number of carbonyl (C=O) groups excluding carboxylic acids is 2. The average molecular weight is 225 g/mol. The Morgan fingerprint density at radius 2 is 2.12 bits per heavy atom. The van der Waals surface area contributed by atoms with Gasteiger partial charge in [-0.05, 0) is 13.0 Å². The highest BCUT2D eigenvalue weighted by Crippen LogP contribution is 2.09. The summed E-state index contributed by atoms with van der Waals surface area (Å²) < 4.78 is 11.2. The van der Waals surface area contributed by atoms with E-state index in [4.69, 9.17) is 4.74 Å². The first-order valence-electron chi connectivity index (χ1n) is 4.88. The molecular weight excluding hydrogens is 210 g/mol. The van der Waals surface area contributed by atoms with E-state index in [9.17, 15) is 9.59 Å². The number of aromatic nitrogens is 1. The highest BCUT2D eigenvalue weighted by Gasteiger charge is 2.07. The standard InChI is InChI=1S/C11H15NO4/c1-8-4-10(7-16-9(2)13)5-12(8)6-11(14)15-3/h4-5H,6-7H2,1-3H3. The molecule has 16 heavy (non-hydrogen) atoms. The Kier molecular flexibility index (Phi) is 4.10. The van der Waals surface area contributed by atoms with Crippen molar-refractivity contribution in [1.82, 2.24) is 4.57 Å². The molecule has 0 unspecified atom stereocenters. The smallest absolute Gasteiger partial charge is 0.325 e. The van der Waals surface area contributed by atoms with Crippen LogP contribution >= 0.6 is 0 Å². The van der Waals surface area contributed by atoms with Crippen molar-refractivity contribution < 1.29 is 19.1 Å². The maximum absolute atomic E-state index is 11.1. The van der Waals surface area contributed by atoms with Crippen LogP contribution in [-0.2, 0) is 32.2 Å². The predicted octanol–water partition coefficient (Wildman–Crippen LogP) is 1.03. The third-order valence-electron chi connectivity index (χ3n) is 2.14. The first-order chi connectivity index (χ1) is 7.52. The lowest BCUT2D eigenvalue weighted by Gasteiger charge is -2.03. The molecule has 0 radical (unpaired) electrons. The number of hydrogen-bond acceptors (Lipinski definition) is 4. The van der Waals surface area contributed by atoms with Crippen LogP contribution in [0.1, 0.15) is 18.2 Å². The molecule has 5 heteroatoms. The molecule has 0 aliphatic rings. The van der Waals surface area contributed by atoms with E-state index in [-0.39, 0.29) is 25.1 Å². The van der Waals surface area contributed by atoms with Gasteiger partial charge in [-0.2, -0.15) is 0 Å². The maximum atomic E-state index is 11.1. The Hall–Kier alpha value is -1.78. The normalized spacial score (nSPS) is 9.94. The van der Waals surface area contributed by atoms with E-state index < -0.39 is 0 Å². The summed E-state index contributed by atoms with van der Waals surface area (Å²) in [5.74, 6) is -0.629. The summed E-state index contributed by atoms with van der Waals surface area (Å²) in [6, 6.07) is 1.87. The first kappa shape index (κ1) is 12.3. The van der Waals surface area contributed by atoms with Crippen LogP contribution in [0.2, 0.25) is 0 Å². The molecule has 88 valence electrons. The fourth-order valence-corrected chi connectivity index (χ4v) is 1.33. The van der Waals surface area contributed by atoms with Crippen molar-refractivity contribution in [2.45, 2.75) is 27.0 Å². The van der Waals surface area contributed by atoms with Crippen molar-refractivity contribution in [1.29, 1.82) is 0 Å². The molecule has 0 atom stereocenters. The molecule has 5 nitrogen and oxygen atoms in total. The summed E-state index contributed by atoms with van der Waals surface area (Å²) in [6.45, 7) is 3.63. The molecule has 1 heterocycles. The molecule has 0 amide bonds. The van der Waals surface area contributed by atoms with Gasteiger partial charge in [-0.3, -0.25) is 9.59 Å². The van der Waals surface area contributed by atoms with Gasteiger partial charge in [-0.1, -0.05) is 0 Å². The van der Waals surface area contributed by atoms with E-state index >= 15 is 0 Å². The largest absolute Gasteiger partial charge is 0.468 e. The minimum Gasteiger partial charge on any atom is -0.468 e. The molecule has 0 aliphatic carbocycles. The van der Waals surface area contributed by atoms with Crippen molar-refractivity contribution >= 4 is 11.9 Å². The van der Waals surface area contributed by atoms with Crippen molar-refractivity contribution in [3.8, 4) is 0 Å². The highest BCUT2D eigenvalue weighted by molar-refractivity contribution is 5.69. The molecular formula is C11H15NO4. The molecule has 1 aromatic heterocycles. The molecule has 1 rings (SSSR count). The lowest BCUT2D eigenvalue weighted by atomic mass is 10.3. The third kappa shape index (κ3) is 3.42. The van der Waals surface area contributed by atoms with Crippen LogP contribution in [0, 0.1) is 6.92 Å². The molecule has 0 saturated carbocycles. The van der Waals surface area contributed by atoms with Crippen LogP contribution in [0.5, 0.6) is 0 Å². The minimum absolute atomic E-state index is 0.169. The van der Waals surface area contributed by atoms with E-state index in [1.807, 2.05) is 13.0 Å². The van der Waals surface area contributed by atoms with Gasteiger partial charge in [0.2, 0.25) is 0 Å². The second-order valence-electron chi connectivity index (χ2n) is 3.47. The number of esters is 2. The van der Waals surface area contributed by atoms with Gasteiger partial charge in [0, 0.05) is 24.4 Å². The second kappa shape index (κ2) is 5.34. The Balaban J connectivity index is 2.66. The molecule has 0 aliphatic heterocycles. The molecule has 0 saturated heterocycles. The Morgan fingerprint density at radius 1 is 1.44 bits per heavy atom. The van der Waals surface area contributed by atoms with Gasteiger partial charge in [-0.25, -0.2) is 0 Å². The van der Waals surface area contributed by atoms with Crippen molar-refractivity contribution in [3.63, 3.8) is 0 Å². The van der Waals surface area contributed by atoms with Crippen molar-refractivity contribution in [2.24, 2.45) is 0 Å². The average Bonchev–Trinajstić information content (AvgIpc) is 2.56. The summed E-state index contributed by atoms with van der Waals surface area (Å²) in [5, 5.41) is 0. The van der Waals surface area contributed by atoms with E-state index in [0.717, 1.165) is 11.3 Å². The van der Waals surface area contributed by atoms with Gasteiger partial charge in [-0.15, -0.1) is 0 Å². The Morgan fingerprint density at radius 3 is 2.69 bits per heavy atom. The molecule has 0 bridgehead atoms. The summed E-state index contributed by atoms with van der Waals surface area (Å²) in [5.41, 5.74) is 1.78. The summed E-state index contributed by atoms with van der Waals surface area (Å²) in [4.78, 5) is 21.7.